The Morgan fingerprint density at radius 2 is 0.857 bits per heavy atom. The predicted molar refractivity (Wildman–Crippen MR) is 48.7 cm³/mol. The fourth-order valence-corrected chi connectivity index (χ4v) is 0.856. The molecule has 0 aliphatic heterocycles. The van der Waals surface area contributed by atoms with E-state index in [1.54, 1.807) is 0 Å². The van der Waals surface area contributed by atoms with Crippen LogP contribution in [0.15, 0.2) is 0 Å². The Morgan fingerprint density at radius 1 is 0.643 bits per heavy atom. The minimum absolute atomic E-state index is 0. The van der Waals surface area contributed by atoms with Crippen LogP contribution in [0.5, 0.6) is 0 Å². The first-order valence-electron chi connectivity index (χ1n) is 4.71. The lowest BCUT2D eigenvalue weighted by Gasteiger charge is -2.23. The van der Waals surface area contributed by atoms with Gasteiger partial charge in [-0.05, 0) is 27.7 Å². The molecule has 0 aromatic heterocycles. The van der Waals surface area contributed by atoms with E-state index in [0.29, 0.717) is 26.4 Å². The Hall–Kier alpha value is -0.240. The summed E-state index contributed by atoms with van der Waals surface area (Å²) in [6.45, 7) is 9.24. The molecule has 1 N–H and O–H groups in total. The van der Waals surface area contributed by atoms with Crippen LogP contribution in [0.1, 0.15) is 27.7 Å². The van der Waals surface area contributed by atoms with Crippen LogP contribution in [-0.4, -0.2) is 37.0 Å². The summed E-state index contributed by atoms with van der Waals surface area (Å²) in [7, 11) is 0. The highest BCUT2D eigenvalue weighted by Gasteiger charge is 2.36. The van der Waals surface area contributed by atoms with Crippen molar-refractivity contribution in [2.75, 3.05) is 26.4 Å². The Bertz CT molecular complexity index is 92.8. The molecule has 0 aliphatic carbocycles. The van der Waals surface area contributed by atoms with E-state index in [9.17, 15) is 0 Å². The van der Waals surface area contributed by atoms with E-state index in [1.807, 2.05) is 27.7 Å². The molecule has 0 aromatic rings. The lowest BCUT2D eigenvalue weighted by molar-refractivity contribution is -1.47. The van der Waals surface area contributed by atoms with Gasteiger partial charge in [0.2, 0.25) is 5.14 Å². The number of hydrogen-bond donors (Lipinski definition) is 0. The van der Waals surface area contributed by atoms with Crippen molar-refractivity contribution in [2.45, 2.75) is 27.7 Å². The average molecular weight is 211 g/mol. The second-order valence-electron chi connectivity index (χ2n) is 2.12. The van der Waals surface area contributed by atoms with E-state index < -0.39 is 5.14 Å². The molecule has 0 radical (unpaired) electrons. The highest BCUT2D eigenvalue weighted by molar-refractivity contribution is 3.99. The van der Waals surface area contributed by atoms with Crippen LogP contribution < -0.4 is 0 Å². The van der Waals surface area contributed by atoms with Crippen molar-refractivity contribution in [3.8, 4) is 0 Å². The van der Waals surface area contributed by atoms with Crippen LogP contribution >= 0.6 is 0 Å². The van der Waals surface area contributed by atoms with Gasteiger partial charge >= 0.3 is 0 Å². The zero-order valence-electron chi connectivity index (χ0n) is 9.36. The van der Waals surface area contributed by atoms with Gasteiger partial charge in [-0.15, -0.1) is 0 Å². The molecule has 0 heterocycles. The van der Waals surface area contributed by atoms with Crippen molar-refractivity contribution in [1.82, 2.24) is 0 Å². The zero-order valence-corrected chi connectivity index (χ0v) is 9.36. The number of nitrogens with zero attached hydrogens (tertiary/aromatic N) is 1. The van der Waals surface area contributed by atoms with Gasteiger partial charge in [0.15, 0.2) is 0 Å². The van der Waals surface area contributed by atoms with E-state index in [4.69, 9.17) is 19.4 Å². The molecule has 0 unspecified atom stereocenters. The smallest absolute Gasteiger partial charge is 0.247 e. The molecule has 0 fully saturated rings. The normalized spacial score (nSPS) is 11.1. The molecule has 0 amide bonds. The summed E-state index contributed by atoms with van der Waals surface area (Å²) < 4.78 is 0. The molecule has 0 saturated heterocycles. The Balaban J connectivity index is 0. The second-order valence-corrected chi connectivity index (χ2v) is 2.12. The third-order valence-corrected chi connectivity index (χ3v) is 1.15. The van der Waals surface area contributed by atoms with Gasteiger partial charge < -0.3 is 5.48 Å². The van der Waals surface area contributed by atoms with Crippen molar-refractivity contribution in [1.29, 1.82) is 0 Å². The predicted octanol–water partition coefficient (Wildman–Crippen LogP) is 1.43. The molecule has 0 aromatic carbocycles. The first-order valence-corrected chi connectivity index (χ1v) is 4.71. The minimum Gasteiger partial charge on any atom is -0.870 e. The Kier molecular flexibility index (Phi) is 10.8. The largest absolute Gasteiger partial charge is 0.870 e. The van der Waals surface area contributed by atoms with E-state index in [1.165, 1.54) is 0 Å². The van der Waals surface area contributed by atoms with Crippen LogP contribution in [-0.2, 0) is 19.4 Å². The second kappa shape index (κ2) is 9.32. The highest BCUT2D eigenvalue weighted by Crippen LogP contribution is 2.12. The van der Waals surface area contributed by atoms with E-state index >= 15 is 0 Å². The van der Waals surface area contributed by atoms with Crippen LogP contribution in [0.3, 0.4) is 0 Å². The first-order chi connectivity index (χ1) is 6.24. The van der Waals surface area contributed by atoms with Gasteiger partial charge in [-0.3, -0.25) is 0 Å². The molecule has 6 heteroatoms. The molecule has 0 saturated carbocycles. The summed E-state index contributed by atoms with van der Waals surface area (Å²) in [6, 6.07) is 0. The fourth-order valence-electron chi connectivity index (χ4n) is 0.856. The Morgan fingerprint density at radius 3 is 1.00 bits per heavy atom. The fraction of sp³-hybridized carbons (Fsp3) is 1.00. The number of rotatable bonds is 8. The summed E-state index contributed by atoms with van der Waals surface area (Å²) in [5.41, 5.74) is 0. The van der Waals surface area contributed by atoms with Crippen molar-refractivity contribution < 1.29 is 30.0 Å². The van der Waals surface area contributed by atoms with Gasteiger partial charge in [-0.1, -0.05) is 19.4 Å². The molecule has 0 aliphatic rings. The molecule has 0 spiro atoms. The van der Waals surface area contributed by atoms with Crippen LogP contribution in [0.4, 0.5) is 0 Å². The molecule has 0 atom stereocenters. The van der Waals surface area contributed by atoms with Crippen molar-refractivity contribution >= 4 is 0 Å². The minimum atomic E-state index is -0.625. The maximum Gasteiger partial charge on any atom is 0.247 e. The summed E-state index contributed by atoms with van der Waals surface area (Å²) in [4.78, 5) is 20.9. The van der Waals surface area contributed by atoms with Crippen LogP contribution in [0.2, 0.25) is 0 Å². The molecule has 0 bridgehead atoms. The topological polar surface area (TPSA) is 66.9 Å². The average Bonchev–Trinajstić information content (AvgIpc) is 2.06. The third kappa shape index (κ3) is 5.48. The van der Waals surface area contributed by atoms with Gasteiger partial charge in [-0.2, -0.15) is 0 Å². The van der Waals surface area contributed by atoms with Crippen LogP contribution in [0, 0.1) is 0 Å². The van der Waals surface area contributed by atoms with E-state index in [2.05, 4.69) is 0 Å². The zero-order chi connectivity index (χ0) is 10.2. The molecule has 6 nitrogen and oxygen atoms in total. The van der Waals surface area contributed by atoms with Gasteiger partial charge in [0, 0.05) is 0 Å². The van der Waals surface area contributed by atoms with Gasteiger partial charge in [-0.25, -0.2) is 0 Å². The lowest BCUT2D eigenvalue weighted by Crippen LogP contribution is -2.47. The maximum atomic E-state index is 5.22. The summed E-state index contributed by atoms with van der Waals surface area (Å²) in [6.07, 6.45) is 0. The number of quaternary nitrogens is 1. The van der Waals surface area contributed by atoms with Gasteiger partial charge in [0.1, 0.15) is 26.4 Å². The summed E-state index contributed by atoms with van der Waals surface area (Å²) in [5.74, 6) is 0. The van der Waals surface area contributed by atoms with E-state index in [0.717, 1.165) is 0 Å². The highest BCUT2D eigenvalue weighted by atomic mass is 17.4. The lowest BCUT2D eigenvalue weighted by atomic mass is 10.9. The van der Waals surface area contributed by atoms with Gasteiger partial charge in [0.05, 0.1) is 0 Å². The number of hydrogen-bond acceptors (Lipinski definition) is 5. The maximum absolute atomic E-state index is 5.22. The van der Waals surface area contributed by atoms with Crippen molar-refractivity contribution in [3.05, 3.63) is 0 Å². The molecular formula is C8H21NO5. The van der Waals surface area contributed by atoms with Crippen molar-refractivity contribution in [2.24, 2.45) is 0 Å². The van der Waals surface area contributed by atoms with E-state index in [-0.39, 0.29) is 5.48 Å². The molecule has 14 heavy (non-hydrogen) atoms. The third-order valence-electron chi connectivity index (χ3n) is 1.15. The van der Waals surface area contributed by atoms with Crippen LogP contribution in [0.25, 0.3) is 0 Å². The summed E-state index contributed by atoms with van der Waals surface area (Å²) >= 11 is 0. The first kappa shape index (κ1) is 16.2. The monoisotopic (exact) mass is 211 g/mol. The van der Waals surface area contributed by atoms with Gasteiger partial charge in [0.25, 0.3) is 0 Å². The summed E-state index contributed by atoms with van der Waals surface area (Å²) in [5, 5.41) is -0.625. The molecular weight excluding hydrogens is 190 g/mol. The molecule has 88 valence electrons. The quantitative estimate of drug-likeness (QED) is 0.449. The molecule has 0 rings (SSSR count). The Labute approximate surface area is 85.0 Å². The standard InChI is InChI=1S/C8H20NO4.H2O/c1-5-10-9(11-6-2,12-7-3)13-8-4;/h5-8H2,1-4H3;1H2/q+1;/p-1. The van der Waals surface area contributed by atoms with Crippen molar-refractivity contribution in [3.63, 3.8) is 0 Å². The SMILES string of the molecule is CCO[N+](OCC)(OCC)OCC.[OH-].